The third-order valence-electron chi connectivity index (χ3n) is 2.42. The highest BCUT2D eigenvalue weighted by molar-refractivity contribution is 6.08. The van der Waals surface area contributed by atoms with Crippen molar-refractivity contribution in [3.63, 3.8) is 0 Å². The first kappa shape index (κ1) is 16.7. The van der Waals surface area contributed by atoms with Crippen LogP contribution in [0.1, 0.15) is 38.6 Å². The first-order chi connectivity index (χ1) is 10.2. The number of allylic oxidation sites excluding steroid dienone is 2. The van der Waals surface area contributed by atoms with Gasteiger partial charge in [-0.2, -0.15) is 5.10 Å². The average molecular weight is 292 g/mol. The number of aromatic nitrogens is 3. The van der Waals surface area contributed by atoms with E-state index in [0.717, 1.165) is 0 Å². The van der Waals surface area contributed by atoms with Gasteiger partial charge in [-0.15, -0.1) is 0 Å². The number of hydrogen-bond donors (Lipinski definition) is 0. The molecule has 2 aromatic rings. The first-order valence-corrected chi connectivity index (χ1v) is 6.62. The van der Waals surface area contributed by atoms with E-state index in [1.807, 2.05) is 20.8 Å². The number of rotatable bonds is 4. The molecule has 112 valence electrons. The molecular weight excluding hydrogens is 274 g/mol. The Labute approximate surface area is 122 Å². The fraction of sp³-hybridized carbons (Fsp3) is 0.267. The summed E-state index contributed by atoms with van der Waals surface area (Å²) in [6, 6.07) is 2.76. The van der Waals surface area contributed by atoms with Gasteiger partial charge in [-0.1, -0.05) is 26.5 Å². The maximum absolute atomic E-state index is 12.7. The number of fused-ring (bicyclic) bond motifs is 1. The molecule has 0 spiro atoms. The van der Waals surface area contributed by atoms with E-state index in [9.17, 15) is 8.78 Å². The van der Waals surface area contributed by atoms with Crippen LogP contribution in [0.15, 0.2) is 48.3 Å². The molecular formula is C15H18F2N4. The summed E-state index contributed by atoms with van der Waals surface area (Å²) in [5.41, 5.74) is 1.28. The van der Waals surface area contributed by atoms with Gasteiger partial charge in [-0.25, -0.2) is 18.3 Å². The summed E-state index contributed by atoms with van der Waals surface area (Å²) in [6.07, 6.45) is 3.83. The van der Waals surface area contributed by atoms with Crippen molar-refractivity contribution in [1.82, 2.24) is 14.6 Å². The molecule has 0 saturated heterocycles. The summed E-state index contributed by atoms with van der Waals surface area (Å²) in [5.74, 6) is 0. The van der Waals surface area contributed by atoms with Gasteiger partial charge in [0, 0.05) is 6.20 Å². The normalized spacial score (nSPS) is 11.8. The molecule has 0 unspecified atom stereocenters. The molecule has 2 heterocycles. The van der Waals surface area contributed by atoms with Crippen LogP contribution in [0.25, 0.3) is 5.65 Å². The van der Waals surface area contributed by atoms with Gasteiger partial charge in [-0.05, 0) is 25.1 Å². The van der Waals surface area contributed by atoms with Gasteiger partial charge in [-0.3, -0.25) is 4.99 Å². The Hall–Kier alpha value is -2.37. The molecule has 0 N–H and O–H groups in total. The lowest BCUT2D eigenvalue weighted by atomic mass is 10.2. The molecule has 2 rings (SSSR count). The molecule has 0 aliphatic rings. The summed E-state index contributed by atoms with van der Waals surface area (Å²) in [5, 5.41) is 3.88. The van der Waals surface area contributed by atoms with Crippen LogP contribution < -0.4 is 0 Å². The largest absolute Gasteiger partial charge is 0.282 e. The Morgan fingerprint density at radius 2 is 2.10 bits per heavy atom. The molecule has 4 nitrogen and oxygen atoms in total. The summed E-state index contributed by atoms with van der Waals surface area (Å²) in [6.45, 7) is 9.36. The molecule has 2 aromatic heterocycles. The highest BCUT2D eigenvalue weighted by atomic mass is 19.3. The molecule has 0 radical (unpaired) electrons. The molecule has 0 atom stereocenters. The zero-order valence-electron chi connectivity index (χ0n) is 12.3. The monoisotopic (exact) mass is 292 g/mol. The van der Waals surface area contributed by atoms with Crippen molar-refractivity contribution in [2.45, 2.75) is 27.2 Å². The third kappa shape index (κ3) is 3.81. The highest BCUT2D eigenvalue weighted by Crippen LogP contribution is 2.17. The second kappa shape index (κ2) is 8.04. The number of hydrogen-bond acceptors (Lipinski definition) is 3. The van der Waals surface area contributed by atoms with E-state index in [0.29, 0.717) is 17.1 Å². The van der Waals surface area contributed by atoms with Gasteiger partial charge in [0.1, 0.15) is 11.4 Å². The summed E-state index contributed by atoms with van der Waals surface area (Å²) in [4.78, 5) is 8.20. The van der Waals surface area contributed by atoms with Crippen molar-refractivity contribution in [2.24, 2.45) is 4.99 Å². The maximum atomic E-state index is 12.7. The number of aliphatic imine (C=N–C) groups is 1. The van der Waals surface area contributed by atoms with Crippen LogP contribution in [0.2, 0.25) is 0 Å². The van der Waals surface area contributed by atoms with E-state index < -0.39 is 6.43 Å². The lowest BCUT2D eigenvalue weighted by Crippen LogP contribution is -2.06. The topological polar surface area (TPSA) is 42.5 Å². The van der Waals surface area contributed by atoms with Gasteiger partial charge in [0.15, 0.2) is 5.65 Å². The minimum atomic E-state index is -2.62. The number of imidazole rings is 1. The van der Waals surface area contributed by atoms with Crippen molar-refractivity contribution in [3.05, 3.63) is 54.6 Å². The van der Waals surface area contributed by atoms with Crippen LogP contribution in [0.3, 0.4) is 0 Å². The molecule has 0 bridgehead atoms. The maximum Gasteiger partial charge on any atom is 0.282 e. The van der Waals surface area contributed by atoms with Crippen molar-refractivity contribution >= 4 is 11.4 Å². The van der Waals surface area contributed by atoms with Crippen LogP contribution >= 0.6 is 0 Å². The van der Waals surface area contributed by atoms with Crippen LogP contribution in [-0.2, 0) is 0 Å². The number of alkyl halides is 2. The Balaban J connectivity index is 0.00000106. The zero-order valence-corrected chi connectivity index (χ0v) is 12.3. The number of halogens is 2. The van der Waals surface area contributed by atoms with Gasteiger partial charge in [0.05, 0.1) is 11.9 Å². The van der Waals surface area contributed by atoms with Gasteiger partial charge in [0.25, 0.3) is 6.43 Å². The SMILES string of the molecule is C=CN=C(/C=C\C)c1cnc2ccc(C(F)F)nn12.CC. The summed E-state index contributed by atoms with van der Waals surface area (Å²) >= 11 is 0. The molecule has 0 fully saturated rings. The van der Waals surface area contributed by atoms with E-state index in [-0.39, 0.29) is 5.69 Å². The predicted octanol–water partition coefficient (Wildman–Crippen LogP) is 4.20. The fourth-order valence-electron chi connectivity index (χ4n) is 1.63. The second-order valence-electron chi connectivity index (χ2n) is 3.67. The van der Waals surface area contributed by atoms with Gasteiger partial charge < -0.3 is 0 Å². The van der Waals surface area contributed by atoms with Crippen LogP contribution in [0.5, 0.6) is 0 Å². The van der Waals surface area contributed by atoms with Crippen molar-refractivity contribution in [1.29, 1.82) is 0 Å². The molecule has 6 heteroatoms. The lowest BCUT2D eigenvalue weighted by Gasteiger charge is -2.03. The summed E-state index contributed by atoms with van der Waals surface area (Å²) in [7, 11) is 0. The van der Waals surface area contributed by atoms with Gasteiger partial charge in [0.2, 0.25) is 0 Å². The number of nitrogens with zero attached hydrogens (tertiary/aromatic N) is 4. The van der Waals surface area contributed by atoms with Crippen molar-refractivity contribution < 1.29 is 8.78 Å². The van der Waals surface area contributed by atoms with E-state index >= 15 is 0 Å². The Bertz CT molecular complexity index is 657. The standard InChI is InChI=1S/C13H12F2N4.C2H6/c1-3-5-9(16-4-2)11-8-17-12-7-6-10(13(14)15)18-19(11)12;1-2/h3-8,13H,2H2,1H3;1-2H3/b5-3-,16-9?;. The molecule has 21 heavy (non-hydrogen) atoms. The van der Waals surface area contributed by atoms with Crippen LogP contribution in [-0.4, -0.2) is 20.3 Å². The van der Waals surface area contributed by atoms with Crippen LogP contribution in [0.4, 0.5) is 8.78 Å². The van der Waals surface area contributed by atoms with Crippen LogP contribution in [0, 0.1) is 0 Å². The van der Waals surface area contributed by atoms with Crippen molar-refractivity contribution in [2.75, 3.05) is 0 Å². The highest BCUT2D eigenvalue weighted by Gasteiger charge is 2.13. The zero-order chi connectivity index (χ0) is 15.8. The Morgan fingerprint density at radius 1 is 1.38 bits per heavy atom. The van der Waals surface area contributed by atoms with Crippen molar-refractivity contribution in [3.8, 4) is 0 Å². The van der Waals surface area contributed by atoms with E-state index in [1.54, 1.807) is 18.3 Å². The molecule has 0 amide bonds. The van der Waals surface area contributed by atoms with E-state index in [4.69, 9.17) is 0 Å². The van der Waals surface area contributed by atoms with Gasteiger partial charge >= 0.3 is 0 Å². The molecule has 0 aromatic carbocycles. The lowest BCUT2D eigenvalue weighted by molar-refractivity contribution is 0.144. The first-order valence-electron chi connectivity index (χ1n) is 6.62. The minimum Gasteiger partial charge on any atom is -0.255 e. The predicted molar refractivity (Wildman–Crippen MR) is 80.8 cm³/mol. The summed E-state index contributed by atoms with van der Waals surface area (Å²) < 4.78 is 26.7. The van der Waals surface area contributed by atoms with E-state index in [1.165, 1.54) is 22.8 Å². The minimum absolute atomic E-state index is 0.301. The molecule has 0 aliphatic carbocycles. The third-order valence-corrected chi connectivity index (χ3v) is 2.42. The molecule has 0 saturated carbocycles. The fourth-order valence-corrected chi connectivity index (χ4v) is 1.63. The molecule has 0 aliphatic heterocycles. The Morgan fingerprint density at radius 3 is 2.67 bits per heavy atom. The van der Waals surface area contributed by atoms with E-state index in [2.05, 4.69) is 21.7 Å². The quantitative estimate of drug-likeness (QED) is 0.792. The Kier molecular flexibility index (Phi) is 6.39. The average Bonchev–Trinajstić information content (AvgIpc) is 2.92. The smallest absolute Gasteiger partial charge is 0.255 e. The second-order valence-corrected chi connectivity index (χ2v) is 3.67.